The lowest BCUT2D eigenvalue weighted by molar-refractivity contribution is 0.122. The summed E-state index contributed by atoms with van der Waals surface area (Å²) in [5.74, 6) is 0.707. The molecule has 2 aliphatic rings. The van der Waals surface area contributed by atoms with Crippen LogP contribution in [0.2, 0.25) is 0 Å². The number of anilines is 2. The summed E-state index contributed by atoms with van der Waals surface area (Å²) in [4.78, 5) is 27.9. The van der Waals surface area contributed by atoms with Gasteiger partial charge < -0.3 is 25.0 Å². The Morgan fingerprint density at radius 2 is 1.88 bits per heavy atom. The quantitative estimate of drug-likeness (QED) is 0.600. The van der Waals surface area contributed by atoms with Gasteiger partial charge in [0.15, 0.2) is 5.82 Å². The smallest absolute Gasteiger partial charge is 0.407 e. The zero-order valence-corrected chi connectivity index (χ0v) is 17.7. The number of likely N-dealkylation sites (tertiary alicyclic amines) is 1. The van der Waals surface area contributed by atoms with Gasteiger partial charge in [-0.1, -0.05) is 12.1 Å². The van der Waals surface area contributed by atoms with E-state index in [1.165, 1.54) is 9.47 Å². The molecule has 0 bridgehead atoms. The SMILES string of the molecule is O=C(O)N1CC[C@H](Nc2nc(N3CCOCC3)cc(-n3c(C(F)F)nc4ccccc43)n2)C1. The molecule has 3 aromatic rings. The largest absolute Gasteiger partial charge is 0.465 e. The molecule has 1 atom stereocenters. The van der Waals surface area contributed by atoms with Crippen molar-refractivity contribution >= 4 is 28.9 Å². The minimum absolute atomic E-state index is 0.178. The summed E-state index contributed by atoms with van der Waals surface area (Å²) >= 11 is 0. The van der Waals surface area contributed by atoms with Crippen LogP contribution in [0.1, 0.15) is 18.7 Å². The first-order valence-electron chi connectivity index (χ1n) is 10.7. The monoisotopic (exact) mass is 459 g/mol. The molecule has 0 aliphatic carbocycles. The lowest BCUT2D eigenvalue weighted by Gasteiger charge is -2.28. The van der Waals surface area contributed by atoms with Gasteiger partial charge in [-0.15, -0.1) is 0 Å². The van der Waals surface area contributed by atoms with E-state index in [4.69, 9.17) is 4.74 Å². The fourth-order valence-electron chi connectivity index (χ4n) is 4.22. The number of amides is 1. The molecule has 2 aliphatic heterocycles. The van der Waals surface area contributed by atoms with Gasteiger partial charge in [-0.2, -0.15) is 9.97 Å². The van der Waals surface area contributed by atoms with Crippen molar-refractivity contribution in [3.8, 4) is 5.82 Å². The highest BCUT2D eigenvalue weighted by Crippen LogP contribution is 2.29. The number of rotatable bonds is 5. The highest BCUT2D eigenvalue weighted by Gasteiger charge is 2.28. The van der Waals surface area contributed by atoms with Crippen LogP contribution in [-0.2, 0) is 4.74 Å². The van der Waals surface area contributed by atoms with Crippen molar-refractivity contribution in [1.29, 1.82) is 0 Å². The van der Waals surface area contributed by atoms with Crippen molar-refractivity contribution in [3.05, 3.63) is 36.2 Å². The Morgan fingerprint density at radius 3 is 2.61 bits per heavy atom. The highest BCUT2D eigenvalue weighted by atomic mass is 19.3. The van der Waals surface area contributed by atoms with Gasteiger partial charge >= 0.3 is 6.09 Å². The van der Waals surface area contributed by atoms with Crippen molar-refractivity contribution in [2.45, 2.75) is 18.9 Å². The summed E-state index contributed by atoms with van der Waals surface area (Å²) in [7, 11) is 0. The predicted octanol–water partition coefficient (Wildman–Crippen LogP) is 2.75. The molecule has 4 heterocycles. The second kappa shape index (κ2) is 8.77. The predicted molar refractivity (Wildman–Crippen MR) is 116 cm³/mol. The molecule has 1 amide bonds. The summed E-state index contributed by atoms with van der Waals surface area (Å²) in [5, 5.41) is 12.4. The van der Waals surface area contributed by atoms with Gasteiger partial charge in [0, 0.05) is 38.3 Å². The third kappa shape index (κ3) is 4.25. The molecule has 0 unspecified atom stereocenters. The van der Waals surface area contributed by atoms with Crippen molar-refractivity contribution in [1.82, 2.24) is 24.4 Å². The lowest BCUT2D eigenvalue weighted by Crippen LogP contribution is -2.37. The van der Waals surface area contributed by atoms with E-state index in [0.29, 0.717) is 62.7 Å². The molecule has 2 fully saturated rings. The molecule has 12 heteroatoms. The Bertz CT molecular complexity index is 1170. The average molecular weight is 459 g/mol. The van der Waals surface area contributed by atoms with Gasteiger partial charge in [0.1, 0.15) is 11.6 Å². The summed E-state index contributed by atoms with van der Waals surface area (Å²) < 4.78 is 34.6. The van der Waals surface area contributed by atoms with Crippen molar-refractivity contribution < 1.29 is 23.4 Å². The van der Waals surface area contributed by atoms with Crippen LogP contribution >= 0.6 is 0 Å². The zero-order valence-electron chi connectivity index (χ0n) is 17.7. The normalized spacial score (nSPS) is 18.9. The second-order valence-corrected chi connectivity index (χ2v) is 7.96. The minimum atomic E-state index is -2.80. The van der Waals surface area contributed by atoms with Gasteiger partial charge in [0.25, 0.3) is 6.43 Å². The molecule has 0 spiro atoms. The number of fused-ring (bicyclic) bond motifs is 1. The van der Waals surface area contributed by atoms with Crippen LogP contribution in [0.5, 0.6) is 0 Å². The molecule has 0 radical (unpaired) electrons. The zero-order chi connectivity index (χ0) is 22.9. The number of hydrogen-bond donors (Lipinski definition) is 2. The molecule has 1 aromatic carbocycles. The number of ether oxygens (including phenoxy) is 1. The maximum Gasteiger partial charge on any atom is 0.407 e. The number of benzene rings is 1. The Morgan fingerprint density at radius 1 is 1.12 bits per heavy atom. The maximum atomic E-state index is 13.9. The lowest BCUT2D eigenvalue weighted by atomic mass is 10.3. The Kier molecular flexibility index (Phi) is 5.67. The van der Waals surface area contributed by atoms with E-state index in [2.05, 4.69) is 20.3 Å². The van der Waals surface area contributed by atoms with E-state index in [-0.39, 0.29) is 17.8 Å². The van der Waals surface area contributed by atoms with Gasteiger partial charge in [-0.3, -0.25) is 4.57 Å². The Labute approximate surface area is 187 Å². The van der Waals surface area contributed by atoms with E-state index in [1.54, 1.807) is 30.3 Å². The number of carbonyl (C=O) groups is 1. The first-order chi connectivity index (χ1) is 16.0. The number of para-hydroxylation sites is 2. The number of alkyl halides is 2. The number of morpholine rings is 1. The molecule has 2 aromatic heterocycles. The standard InChI is InChI=1S/C21H23F2N7O3/c22-18(23)19-25-14-3-1-2-4-15(14)30(19)17-11-16(28-7-9-33-10-8-28)26-20(27-17)24-13-5-6-29(12-13)21(31)32/h1-4,11,13,18H,5-10,12H2,(H,31,32)(H,24,26,27)/t13-/m0/s1. The van der Waals surface area contributed by atoms with Gasteiger partial charge in [-0.05, 0) is 18.6 Å². The fourth-order valence-corrected chi connectivity index (χ4v) is 4.22. The first kappa shape index (κ1) is 21.3. The van der Waals surface area contributed by atoms with Crippen molar-refractivity contribution in [2.75, 3.05) is 49.6 Å². The number of nitrogens with one attached hydrogen (secondary N) is 1. The van der Waals surface area contributed by atoms with Crippen LogP contribution in [0.3, 0.4) is 0 Å². The molecule has 5 rings (SSSR count). The molecular formula is C21H23F2N7O3. The maximum absolute atomic E-state index is 13.9. The number of aromatic nitrogens is 4. The summed E-state index contributed by atoms with van der Waals surface area (Å²) in [6.07, 6.45) is -3.17. The minimum Gasteiger partial charge on any atom is -0.465 e. The second-order valence-electron chi connectivity index (χ2n) is 7.96. The molecule has 174 valence electrons. The number of carboxylic acid groups (broad SMARTS) is 1. The molecule has 33 heavy (non-hydrogen) atoms. The molecule has 2 N–H and O–H groups in total. The fraction of sp³-hybridized carbons (Fsp3) is 0.429. The molecule has 0 saturated carbocycles. The van der Waals surface area contributed by atoms with Crippen LogP contribution in [0.15, 0.2) is 30.3 Å². The van der Waals surface area contributed by atoms with Crippen LogP contribution in [0.4, 0.5) is 25.3 Å². The summed E-state index contributed by atoms with van der Waals surface area (Å²) in [6, 6.07) is 8.41. The first-order valence-corrected chi connectivity index (χ1v) is 10.7. The van der Waals surface area contributed by atoms with E-state index < -0.39 is 18.3 Å². The van der Waals surface area contributed by atoms with Crippen molar-refractivity contribution in [3.63, 3.8) is 0 Å². The number of nitrogens with zero attached hydrogens (tertiary/aromatic N) is 6. The molecule has 2 saturated heterocycles. The highest BCUT2D eigenvalue weighted by molar-refractivity contribution is 5.78. The third-order valence-corrected chi connectivity index (χ3v) is 5.84. The Balaban J connectivity index is 1.57. The van der Waals surface area contributed by atoms with Crippen LogP contribution in [-0.4, -0.2) is 81.1 Å². The number of hydrogen-bond acceptors (Lipinski definition) is 7. The summed E-state index contributed by atoms with van der Waals surface area (Å²) in [6.45, 7) is 3.00. The van der Waals surface area contributed by atoms with Crippen LogP contribution < -0.4 is 10.2 Å². The van der Waals surface area contributed by atoms with Crippen molar-refractivity contribution in [2.24, 2.45) is 0 Å². The molecule has 10 nitrogen and oxygen atoms in total. The van der Waals surface area contributed by atoms with Crippen LogP contribution in [0, 0.1) is 0 Å². The van der Waals surface area contributed by atoms with E-state index in [0.717, 1.165) is 0 Å². The van der Waals surface area contributed by atoms with Gasteiger partial charge in [0.2, 0.25) is 5.95 Å². The number of halogens is 2. The van der Waals surface area contributed by atoms with E-state index >= 15 is 0 Å². The molecular weight excluding hydrogens is 436 g/mol. The number of imidazole rings is 1. The topological polar surface area (TPSA) is 109 Å². The van der Waals surface area contributed by atoms with E-state index in [1.807, 2.05) is 4.90 Å². The Hall–Kier alpha value is -3.54. The average Bonchev–Trinajstić information content (AvgIpc) is 3.44. The van der Waals surface area contributed by atoms with Crippen LogP contribution in [0.25, 0.3) is 16.9 Å². The van der Waals surface area contributed by atoms with E-state index in [9.17, 15) is 18.7 Å². The summed E-state index contributed by atoms with van der Waals surface area (Å²) in [5.41, 5.74) is 0.963. The third-order valence-electron chi connectivity index (χ3n) is 5.84. The van der Waals surface area contributed by atoms with Gasteiger partial charge in [-0.25, -0.2) is 18.6 Å². The van der Waals surface area contributed by atoms with Gasteiger partial charge in [0.05, 0.1) is 24.2 Å².